The van der Waals surface area contributed by atoms with Crippen LogP contribution in [0.3, 0.4) is 0 Å². The third-order valence-corrected chi connectivity index (χ3v) is 3.01. The number of nitrogens with two attached hydrogens (primary N) is 1. The SMILES string of the molecule is COc1cc(C)c(C)cc1-c1cc(N)n(C)n1. The van der Waals surface area contributed by atoms with Gasteiger partial charge in [0.1, 0.15) is 11.6 Å². The smallest absolute Gasteiger partial charge is 0.128 e. The average molecular weight is 231 g/mol. The number of nitrogen functional groups attached to an aromatic ring is 1. The van der Waals surface area contributed by atoms with Crippen LogP contribution in [-0.4, -0.2) is 16.9 Å². The molecular formula is C13H17N3O. The van der Waals surface area contributed by atoms with E-state index in [1.807, 2.05) is 19.2 Å². The van der Waals surface area contributed by atoms with Crippen molar-refractivity contribution in [1.29, 1.82) is 0 Å². The van der Waals surface area contributed by atoms with E-state index in [-0.39, 0.29) is 0 Å². The molecule has 90 valence electrons. The zero-order valence-corrected chi connectivity index (χ0v) is 10.6. The molecule has 0 saturated heterocycles. The summed E-state index contributed by atoms with van der Waals surface area (Å²) < 4.78 is 7.05. The van der Waals surface area contributed by atoms with Gasteiger partial charge in [-0.2, -0.15) is 5.10 Å². The van der Waals surface area contributed by atoms with Gasteiger partial charge in [0.15, 0.2) is 0 Å². The second-order valence-corrected chi connectivity index (χ2v) is 4.21. The van der Waals surface area contributed by atoms with Gasteiger partial charge in [0.05, 0.1) is 12.8 Å². The molecule has 0 saturated carbocycles. The highest BCUT2D eigenvalue weighted by atomic mass is 16.5. The zero-order chi connectivity index (χ0) is 12.6. The lowest BCUT2D eigenvalue weighted by Gasteiger charge is -2.09. The van der Waals surface area contributed by atoms with E-state index in [2.05, 4.69) is 25.0 Å². The molecule has 1 aromatic carbocycles. The summed E-state index contributed by atoms with van der Waals surface area (Å²) in [5.41, 5.74) is 10.0. The third kappa shape index (κ3) is 1.98. The molecule has 2 aromatic rings. The molecule has 17 heavy (non-hydrogen) atoms. The number of rotatable bonds is 2. The summed E-state index contributed by atoms with van der Waals surface area (Å²) in [6.07, 6.45) is 0. The first-order valence-corrected chi connectivity index (χ1v) is 5.48. The second kappa shape index (κ2) is 4.13. The van der Waals surface area contributed by atoms with E-state index in [0.717, 1.165) is 17.0 Å². The Hall–Kier alpha value is -1.97. The van der Waals surface area contributed by atoms with E-state index in [4.69, 9.17) is 10.5 Å². The number of anilines is 1. The fraction of sp³-hybridized carbons (Fsp3) is 0.308. The maximum absolute atomic E-state index is 5.80. The molecule has 0 aliphatic carbocycles. The number of ether oxygens (including phenoxy) is 1. The monoisotopic (exact) mass is 231 g/mol. The summed E-state index contributed by atoms with van der Waals surface area (Å²) in [6.45, 7) is 4.14. The van der Waals surface area contributed by atoms with Crippen molar-refractivity contribution in [3.63, 3.8) is 0 Å². The number of nitrogens with zero attached hydrogens (tertiary/aromatic N) is 2. The van der Waals surface area contributed by atoms with Crippen LogP contribution in [0.15, 0.2) is 18.2 Å². The van der Waals surface area contributed by atoms with Crippen LogP contribution >= 0.6 is 0 Å². The Bertz CT molecular complexity index is 539. The molecule has 0 aliphatic rings. The molecule has 0 bridgehead atoms. The fourth-order valence-electron chi connectivity index (χ4n) is 1.77. The number of hydrogen-bond donors (Lipinski definition) is 1. The molecule has 0 atom stereocenters. The minimum Gasteiger partial charge on any atom is -0.496 e. The predicted molar refractivity (Wildman–Crippen MR) is 69.1 cm³/mol. The molecule has 0 fully saturated rings. The van der Waals surface area contributed by atoms with E-state index in [0.29, 0.717) is 5.82 Å². The molecule has 4 heteroatoms. The van der Waals surface area contributed by atoms with Crippen LogP contribution in [0, 0.1) is 13.8 Å². The first kappa shape index (κ1) is 11.5. The molecule has 0 amide bonds. The maximum Gasteiger partial charge on any atom is 0.128 e. The maximum atomic E-state index is 5.80. The molecular weight excluding hydrogens is 214 g/mol. The molecule has 1 heterocycles. The highest BCUT2D eigenvalue weighted by molar-refractivity contribution is 5.70. The minimum atomic E-state index is 0.639. The summed E-state index contributed by atoms with van der Waals surface area (Å²) in [5, 5.41) is 4.37. The van der Waals surface area contributed by atoms with Crippen LogP contribution in [0.5, 0.6) is 5.75 Å². The lowest BCUT2D eigenvalue weighted by molar-refractivity contribution is 0.416. The van der Waals surface area contributed by atoms with Gasteiger partial charge in [-0.15, -0.1) is 0 Å². The molecule has 2 N–H and O–H groups in total. The van der Waals surface area contributed by atoms with Crippen LogP contribution in [0.1, 0.15) is 11.1 Å². The lowest BCUT2D eigenvalue weighted by Crippen LogP contribution is -1.97. The molecule has 0 radical (unpaired) electrons. The molecule has 2 rings (SSSR count). The van der Waals surface area contributed by atoms with Gasteiger partial charge in [-0.25, -0.2) is 0 Å². The van der Waals surface area contributed by atoms with Crippen molar-refractivity contribution >= 4 is 5.82 Å². The first-order chi connectivity index (χ1) is 8.02. The Morgan fingerprint density at radius 1 is 1.18 bits per heavy atom. The quantitative estimate of drug-likeness (QED) is 0.862. The topological polar surface area (TPSA) is 53.1 Å². The Morgan fingerprint density at radius 3 is 2.35 bits per heavy atom. The van der Waals surface area contributed by atoms with Crippen LogP contribution in [-0.2, 0) is 7.05 Å². The Kier molecular flexibility index (Phi) is 2.79. The summed E-state index contributed by atoms with van der Waals surface area (Å²) in [7, 11) is 3.49. The lowest BCUT2D eigenvalue weighted by atomic mass is 10.0. The standard InChI is InChI=1S/C13H17N3O/c1-8-5-10(12(17-4)6-9(8)2)11-7-13(14)16(3)15-11/h5-7H,14H2,1-4H3. The Morgan fingerprint density at radius 2 is 1.82 bits per heavy atom. The number of aryl methyl sites for hydroxylation is 3. The Balaban J connectivity index is 2.61. The third-order valence-electron chi connectivity index (χ3n) is 3.01. The molecule has 0 spiro atoms. The van der Waals surface area contributed by atoms with Crippen molar-refractivity contribution in [1.82, 2.24) is 9.78 Å². The number of aromatic nitrogens is 2. The second-order valence-electron chi connectivity index (χ2n) is 4.21. The zero-order valence-electron chi connectivity index (χ0n) is 10.6. The highest BCUT2D eigenvalue weighted by Crippen LogP contribution is 2.32. The van der Waals surface area contributed by atoms with Crippen LogP contribution in [0.4, 0.5) is 5.82 Å². The van der Waals surface area contributed by atoms with E-state index in [1.165, 1.54) is 11.1 Å². The number of benzene rings is 1. The fourth-order valence-corrected chi connectivity index (χ4v) is 1.77. The van der Waals surface area contributed by atoms with Gasteiger partial charge >= 0.3 is 0 Å². The summed E-state index contributed by atoms with van der Waals surface area (Å²) in [6, 6.07) is 5.96. The minimum absolute atomic E-state index is 0.639. The number of hydrogen-bond acceptors (Lipinski definition) is 3. The average Bonchev–Trinajstić information content (AvgIpc) is 2.62. The van der Waals surface area contributed by atoms with E-state index in [9.17, 15) is 0 Å². The van der Waals surface area contributed by atoms with E-state index >= 15 is 0 Å². The molecule has 4 nitrogen and oxygen atoms in total. The van der Waals surface area contributed by atoms with Gasteiger partial charge < -0.3 is 10.5 Å². The van der Waals surface area contributed by atoms with E-state index in [1.54, 1.807) is 11.8 Å². The van der Waals surface area contributed by atoms with Gasteiger partial charge in [-0.1, -0.05) is 0 Å². The summed E-state index contributed by atoms with van der Waals surface area (Å²) in [4.78, 5) is 0. The van der Waals surface area contributed by atoms with Crippen molar-refractivity contribution in [3.8, 4) is 17.0 Å². The first-order valence-electron chi connectivity index (χ1n) is 5.48. The summed E-state index contributed by atoms with van der Waals surface area (Å²) in [5.74, 6) is 1.46. The van der Waals surface area contributed by atoms with Crippen molar-refractivity contribution in [2.75, 3.05) is 12.8 Å². The van der Waals surface area contributed by atoms with Crippen molar-refractivity contribution in [3.05, 3.63) is 29.3 Å². The number of methoxy groups -OCH3 is 1. The normalized spacial score (nSPS) is 10.6. The van der Waals surface area contributed by atoms with Crippen molar-refractivity contribution in [2.24, 2.45) is 7.05 Å². The van der Waals surface area contributed by atoms with Gasteiger partial charge in [0.2, 0.25) is 0 Å². The predicted octanol–water partition coefficient (Wildman–Crippen LogP) is 2.29. The highest BCUT2D eigenvalue weighted by Gasteiger charge is 2.12. The van der Waals surface area contributed by atoms with Crippen molar-refractivity contribution in [2.45, 2.75) is 13.8 Å². The Labute approximate surface area is 101 Å². The van der Waals surface area contributed by atoms with Crippen LogP contribution < -0.4 is 10.5 Å². The van der Waals surface area contributed by atoms with Gasteiger partial charge in [0, 0.05) is 18.7 Å². The summed E-state index contributed by atoms with van der Waals surface area (Å²) >= 11 is 0. The van der Waals surface area contributed by atoms with Crippen LogP contribution in [0.25, 0.3) is 11.3 Å². The van der Waals surface area contributed by atoms with E-state index < -0.39 is 0 Å². The molecule has 1 aromatic heterocycles. The molecule has 0 aliphatic heterocycles. The van der Waals surface area contributed by atoms with Gasteiger partial charge in [-0.3, -0.25) is 4.68 Å². The van der Waals surface area contributed by atoms with Gasteiger partial charge in [0.25, 0.3) is 0 Å². The van der Waals surface area contributed by atoms with Gasteiger partial charge in [-0.05, 0) is 37.1 Å². The van der Waals surface area contributed by atoms with Crippen molar-refractivity contribution < 1.29 is 4.74 Å². The van der Waals surface area contributed by atoms with Crippen LogP contribution in [0.2, 0.25) is 0 Å². The molecule has 0 unspecified atom stereocenters. The largest absolute Gasteiger partial charge is 0.496 e.